The molecule has 0 radical (unpaired) electrons. The van der Waals surface area contributed by atoms with E-state index in [1.807, 2.05) is 12.3 Å². The summed E-state index contributed by atoms with van der Waals surface area (Å²) in [5, 5.41) is 0. The smallest absolute Gasteiger partial charge is 0.0789 e. The number of rotatable bonds is 8. The van der Waals surface area contributed by atoms with E-state index in [0.29, 0.717) is 0 Å². The number of aromatic nitrogens is 1. The highest BCUT2D eigenvalue weighted by Gasteiger charge is 2.17. The van der Waals surface area contributed by atoms with E-state index in [1.165, 1.54) is 39.0 Å². The molecule has 0 saturated heterocycles. The van der Waals surface area contributed by atoms with Crippen molar-refractivity contribution in [3.8, 4) is 11.3 Å². The first kappa shape index (κ1) is 22.6. The first-order valence-corrected chi connectivity index (χ1v) is 10.7. The maximum atomic E-state index is 4.90. The molecule has 0 fully saturated rings. The number of nitrogens with zero attached hydrogens (tertiary/aromatic N) is 1. The Hall–Kier alpha value is -2.67. The van der Waals surface area contributed by atoms with Crippen molar-refractivity contribution in [2.75, 3.05) is 0 Å². The summed E-state index contributed by atoms with van der Waals surface area (Å²) in [7, 11) is 0. The Morgan fingerprint density at radius 1 is 1.00 bits per heavy atom. The van der Waals surface area contributed by atoms with E-state index in [-0.39, 0.29) is 0 Å². The van der Waals surface area contributed by atoms with E-state index in [4.69, 9.17) is 4.98 Å². The molecule has 152 valence electrons. The molecule has 0 unspecified atom stereocenters. The summed E-state index contributed by atoms with van der Waals surface area (Å²) >= 11 is 0. The standard InChI is InChI=1S/C28H35N/c1-8-12-23-15-14-22(11-4)26(19-21(7)10-3)27(23)28-25(13-9-2)24(16-17-29-28)18-20(5)6/h9,11,13-19H,4,8,10,12H2,1-3,5-7H3/b13-9-,21-19-. The zero-order valence-electron chi connectivity index (χ0n) is 19.0. The van der Waals surface area contributed by atoms with Crippen molar-refractivity contribution in [1.29, 1.82) is 0 Å². The molecule has 0 atom stereocenters. The summed E-state index contributed by atoms with van der Waals surface area (Å²) in [5.41, 5.74) is 11.1. The van der Waals surface area contributed by atoms with E-state index in [2.05, 4.69) is 90.6 Å². The van der Waals surface area contributed by atoms with Gasteiger partial charge in [0.05, 0.1) is 5.69 Å². The topological polar surface area (TPSA) is 12.9 Å². The molecule has 2 aromatic rings. The molecule has 0 spiro atoms. The molecule has 0 N–H and O–H groups in total. The Balaban J connectivity index is 2.99. The molecule has 0 aliphatic heterocycles. The largest absolute Gasteiger partial charge is 0.256 e. The van der Waals surface area contributed by atoms with Crippen LogP contribution in [0.5, 0.6) is 0 Å². The van der Waals surface area contributed by atoms with Gasteiger partial charge >= 0.3 is 0 Å². The van der Waals surface area contributed by atoms with Crippen molar-refractivity contribution in [3.63, 3.8) is 0 Å². The van der Waals surface area contributed by atoms with Crippen LogP contribution in [0.3, 0.4) is 0 Å². The molecule has 1 heterocycles. The van der Waals surface area contributed by atoms with Crippen LogP contribution in [-0.4, -0.2) is 4.98 Å². The molecule has 29 heavy (non-hydrogen) atoms. The van der Waals surface area contributed by atoms with Crippen molar-refractivity contribution >= 4 is 24.3 Å². The molecular weight excluding hydrogens is 350 g/mol. The van der Waals surface area contributed by atoms with Crippen molar-refractivity contribution in [1.82, 2.24) is 4.98 Å². The van der Waals surface area contributed by atoms with Crippen molar-refractivity contribution in [2.24, 2.45) is 0 Å². The van der Waals surface area contributed by atoms with Gasteiger partial charge in [-0.3, -0.25) is 4.98 Å². The first-order chi connectivity index (χ1) is 14.0. The predicted molar refractivity (Wildman–Crippen MR) is 132 cm³/mol. The fourth-order valence-corrected chi connectivity index (χ4v) is 3.59. The van der Waals surface area contributed by atoms with Crippen LogP contribution in [0, 0.1) is 0 Å². The summed E-state index contributed by atoms with van der Waals surface area (Å²) in [6.07, 6.45) is 15.9. The number of benzene rings is 1. The van der Waals surface area contributed by atoms with E-state index in [0.717, 1.165) is 30.5 Å². The second-order valence-electron chi connectivity index (χ2n) is 7.79. The van der Waals surface area contributed by atoms with Crippen molar-refractivity contribution < 1.29 is 0 Å². The van der Waals surface area contributed by atoms with Gasteiger partial charge in [0.1, 0.15) is 0 Å². The van der Waals surface area contributed by atoms with Gasteiger partial charge in [0.2, 0.25) is 0 Å². The molecule has 0 amide bonds. The first-order valence-electron chi connectivity index (χ1n) is 10.7. The summed E-state index contributed by atoms with van der Waals surface area (Å²) < 4.78 is 0. The summed E-state index contributed by atoms with van der Waals surface area (Å²) in [6.45, 7) is 17.1. The van der Waals surface area contributed by atoms with Gasteiger partial charge in [-0.1, -0.05) is 80.5 Å². The van der Waals surface area contributed by atoms with Crippen LogP contribution in [0.15, 0.2) is 48.2 Å². The molecule has 0 bridgehead atoms. The predicted octanol–water partition coefficient (Wildman–Crippen LogP) is 8.61. The number of hydrogen-bond donors (Lipinski definition) is 0. The molecule has 2 rings (SSSR count). The summed E-state index contributed by atoms with van der Waals surface area (Å²) in [4.78, 5) is 4.90. The van der Waals surface area contributed by atoms with Gasteiger partial charge in [-0.15, -0.1) is 0 Å². The highest BCUT2D eigenvalue weighted by atomic mass is 14.7. The third kappa shape index (κ3) is 5.44. The molecule has 1 nitrogen and oxygen atoms in total. The van der Waals surface area contributed by atoms with Crippen LogP contribution in [0.1, 0.15) is 82.2 Å². The van der Waals surface area contributed by atoms with E-state index >= 15 is 0 Å². The number of hydrogen-bond acceptors (Lipinski definition) is 1. The van der Waals surface area contributed by atoms with Crippen LogP contribution >= 0.6 is 0 Å². The lowest BCUT2D eigenvalue weighted by Crippen LogP contribution is -2.01. The van der Waals surface area contributed by atoms with E-state index in [9.17, 15) is 0 Å². The van der Waals surface area contributed by atoms with Crippen LogP contribution in [0.25, 0.3) is 35.6 Å². The average molecular weight is 386 g/mol. The van der Waals surface area contributed by atoms with Crippen LogP contribution in [0.4, 0.5) is 0 Å². The minimum absolute atomic E-state index is 1.03. The monoisotopic (exact) mass is 385 g/mol. The van der Waals surface area contributed by atoms with Gasteiger partial charge in [-0.2, -0.15) is 0 Å². The highest BCUT2D eigenvalue weighted by molar-refractivity contribution is 5.88. The van der Waals surface area contributed by atoms with Crippen molar-refractivity contribution in [3.05, 3.63) is 76.0 Å². The second-order valence-corrected chi connectivity index (χ2v) is 7.79. The number of allylic oxidation sites excluding steroid dienone is 3. The fourth-order valence-electron chi connectivity index (χ4n) is 3.59. The van der Waals surface area contributed by atoms with E-state index < -0.39 is 0 Å². The van der Waals surface area contributed by atoms with E-state index in [1.54, 1.807) is 0 Å². The maximum absolute atomic E-state index is 4.90. The highest BCUT2D eigenvalue weighted by Crippen LogP contribution is 2.36. The van der Waals surface area contributed by atoms with Gasteiger partial charge < -0.3 is 0 Å². The summed E-state index contributed by atoms with van der Waals surface area (Å²) in [5.74, 6) is 0. The van der Waals surface area contributed by atoms with Gasteiger partial charge in [-0.05, 0) is 68.9 Å². The van der Waals surface area contributed by atoms with Crippen LogP contribution in [-0.2, 0) is 6.42 Å². The zero-order chi connectivity index (χ0) is 21.4. The molecule has 1 aromatic heterocycles. The molecular formula is C28H35N. The minimum atomic E-state index is 1.03. The molecule has 1 aromatic carbocycles. The maximum Gasteiger partial charge on any atom is 0.0789 e. The minimum Gasteiger partial charge on any atom is -0.256 e. The zero-order valence-corrected chi connectivity index (χ0v) is 19.0. The Morgan fingerprint density at radius 3 is 2.34 bits per heavy atom. The lowest BCUT2D eigenvalue weighted by molar-refractivity contribution is 0.922. The fraction of sp³-hybridized carbons (Fsp3) is 0.321. The molecule has 1 heteroatoms. The lowest BCUT2D eigenvalue weighted by atomic mass is 9.87. The Labute approximate surface area is 177 Å². The quantitative estimate of drug-likeness (QED) is 0.443. The third-order valence-corrected chi connectivity index (χ3v) is 5.09. The third-order valence-electron chi connectivity index (χ3n) is 5.09. The van der Waals surface area contributed by atoms with Gasteiger partial charge in [0.25, 0.3) is 0 Å². The Morgan fingerprint density at radius 2 is 1.76 bits per heavy atom. The molecule has 0 aliphatic rings. The summed E-state index contributed by atoms with van der Waals surface area (Å²) in [6, 6.07) is 6.56. The molecule has 0 aliphatic carbocycles. The molecule has 0 saturated carbocycles. The Bertz CT molecular complexity index is 951. The lowest BCUT2D eigenvalue weighted by Gasteiger charge is -2.19. The Kier molecular flexibility index (Phi) is 8.39. The average Bonchev–Trinajstić information content (AvgIpc) is 2.69. The van der Waals surface area contributed by atoms with Crippen molar-refractivity contribution in [2.45, 2.75) is 60.8 Å². The van der Waals surface area contributed by atoms with Crippen LogP contribution in [0.2, 0.25) is 0 Å². The van der Waals surface area contributed by atoms with Crippen LogP contribution < -0.4 is 0 Å². The van der Waals surface area contributed by atoms with Gasteiger partial charge in [-0.25, -0.2) is 0 Å². The number of aryl methyl sites for hydroxylation is 1. The normalized spacial score (nSPS) is 11.7. The number of pyridine rings is 1. The second kappa shape index (κ2) is 10.8. The van der Waals surface area contributed by atoms with Gasteiger partial charge in [0.15, 0.2) is 0 Å². The SMILES string of the molecule is C=Cc1ccc(CCC)c(-c2nccc(C=C(C)C)c2/C=C\C)c1/C=C(/C)CC. The van der Waals surface area contributed by atoms with Gasteiger partial charge in [0, 0.05) is 17.3 Å².